The van der Waals surface area contributed by atoms with Crippen LogP contribution in [0.4, 0.5) is 0 Å². The van der Waals surface area contributed by atoms with Gasteiger partial charge in [0.25, 0.3) is 5.89 Å². The van der Waals surface area contributed by atoms with Crippen molar-refractivity contribution in [3.8, 4) is 11.6 Å². The maximum absolute atomic E-state index is 12.3. The summed E-state index contributed by atoms with van der Waals surface area (Å²) >= 11 is 0. The molecule has 8 heteroatoms. The molecule has 0 amide bonds. The molecule has 2 aromatic rings. The van der Waals surface area contributed by atoms with E-state index in [-0.39, 0.29) is 11.7 Å². The molecule has 7 nitrogen and oxygen atoms in total. The number of nitrogens with one attached hydrogen (secondary N) is 1. The van der Waals surface area contributed by atoms with Crippen LogP contribution in [-0.4, -0.2) is 35.0 Å². The first-order valence-electron chi connectivity index (χ1n) is 7.43. The van der Waals surface area contributed by atoms with Gasteiger partial charge in [0.05, 0.1) is 0 Å². The molecule has 0 bridgehead atoms. The van der Waals surface area contributed by atoms with Crippen LogP contribution in [0.2, 0.25) is 0 Å². The second-order valence-electron chi connectivity index (χ2n) is 6.26. The minimum atomic E-state index is -3.31. The predicted molar refractivity (Wildman–Crippen MR) is 81.0 cm³/mol. The molecule has 0 unspecified atom stereocenters. The Balaban J connectivity index is 1.99. The molecule has 0 saturated heterocycles. The van der Waals surface area contributed by atoms with Gasteiger partial charge in [-0.05, 0) is 24.8 Å². The molecular weight excluding hydrogens is 304 g/mol. The Morgan fingerprint density at radius 2 is 2.00 bits per heavy atom. The third kappa shape index (κ3) is 2.35. The van der Waals surface area contributed by atoms with E-state index in [0.29, 0.717) is 24.5 Å². The van der Waals surface area contributed by atoms with Crippen molar-refractivity contribution in [2.24, 2.45) is 0 Å². The highest BCUT2D eigenvalue weighted by Crippen LogP contribution is 2.44. The van der Waals surface area contributed by atoms with Gasteiger partial charge in [0.2, 0.25) is 0 Å². The fraction of sp³-hybridized carbons (Fsp3) is 0.643. The van der Waals surface area contributed by atoms with E-state index in [1.807, 2.05) is 19.9 Å². The number of rotatable bonds is 4. The molecule has 120 valence electrons. The van der Waals surface area contributed by atoms with Crippen LogP contribution in [0.25, 0.3) is 11.6 Å². The van der Waals surface area contributed by atoms with Gasteiger partial charge in [-0.15, -0.1) is 0 Å². The van der Waals surface area contributed by atoms with E-state index in [4.69, 9.17) is 4.52 Å². The highest BCUT2D eigenvalue weighted by Gasteiger charge is 2.48. The van der Waals surface area contributed by atoms with Crippen LogP contribution >= 0.6 is 0 Å². The van der Waals surface area contributed by atoms with Gasteiger partial charge in [0, 0.05) is 11.9 Å². The lowest BCUT2D eigenvalue weighted by Gasteiger charge is -2.22. The summed E-state index contributed by atoms with van der Waals surface area (Å²) in [4.78, 5) is 4.33. The van der Waals surface area contributed by atoms with Crippen LogP contribution in [0.1, 0.15) is 57.0 Å². The van der Waals surface area contributed by atoms with E-state index in [0.717, 1.165) is 18.5 Å². The number of aromatic amines is 1. The Labute approximate surface area is 129 Å². The Morgan fingerprint density at radius 1 is 1.32 bits per heavy atom. The summed E-state index contributed by atoms with van der Waals surface area (Å²) in [7, 11) is -3.31. The molecule has 0 atom stereocenters. The van der Waals surface area contributed by atoms with Gasteiger partial charge in [-0.1, -0.05) is 31.8 Å². The molecule has 2 heterocycles. The molecule has 1 N–H and O–H groups in total. The van der Waals surface area contributed by atoms with E-state index < -0.39 is 14.6 Å². The SMILES string of the molecule is CC(C)c1cc(-c2nc(C3(S(C)(=O)=O)CCCC3)no2)n[nH]1. The lowest BCUT2D eigenvalue weighted by Crippen LogP contribution is -2.33. The first-order chi connectivity index (χ1) is 10.3. The van der Waals surface area contributed by atoms with Crippen LogP contribution in [-0.2, 0) is 14.6 Å². The minimum Gasteiger partial charge on any atom is -0.332 e. The Bertz CT molecular complexity index is 770. The Kier molecular flexibility index (Phi) is 3.58. The van der Waals surface area contributed by atoms with Crippen LogP contribution < -0.4 is 0 Å². The lowest BCUT2D eigenvalue weighted by atomic mass is 10.1. The van der Waals surface area contributed by atoms with Crippen LogP contribution in [0, 0.1) is 0 Å². The van der Waals surface area contributed by atoms with Gasteiger partial charge < -0.3 is 4.52 Å². The zero-order valence-corrected chi connectivity index (χ0v) is 13.8. The second kappa shape index (κ2) is 5.19. The first kappa shape index (κ1) is 15.2. The standard InChI is InChI=1S/C14H20N4O3S/c1-9(2)10-8-11(17-16-10)12-15-13(18-21-12)14(22(3,19)20)6-4-5-7-14/h8-9H,4-7H2,1-3H3,(H,16,17). The van der Waals surface area contributed by atoms with Crippen molar-refractivity contribution in [1.82, 2.24) is 20.3 Å². The van der Waals surface area contributed by atoms with Crippen LogP contribution in [0.15, 0.2) is 10.6 Å². The fourth-order valence-electron chi connectivity index (χ4n) is 2.96. The fourth-order valence-corrected chi connectivity index (χ4v) is 4.41. The maximum atomic E-state index is 12.3. The summed E-state index contributed by atoms with van der Waals surface area (Å²) in [6, 6.07) is 1.85. The zero-order valence-electron chi connectivity index (χ0n) is 13.0. The molecule has 2 aromatic heterocycles. The van der Waals surface area contributed by atoms with E-state index in [9.17, 15) is 8.42 Å². The van der Waals surface area contributed by atoms with Crippen molar-refractivity contribution in [2.45, 2.75) is 50.2 Å². The zero-order chi connectivity index (χ0) is 16.0. The van der Waals surface area contributed by atoms with Crippen LogP contribution in [0.3, 0.4) is 0 Å². The molecule has 22 heavy (non-hydrogen) atoms. The Morgan fingerprint density at radius 3 is 2.55 bits per heavy atom. The third-order valence-electron chi connectivity index (χ3n) is 4.39. The number of nitrogens with zero attached hydrogens (tertiary/aromatic N) is 3. The smallest absolute Gasteiger partial charge is 0.278 e. The molecule has 1 aliphatic rings. The normalized spacial score (nSPS) is 18.2. The van der Waals surface area contributed by atoms with E-state index in [2.05, 4.69) is 20.3 Å². The largest absolute Gasteiger partial charge is 0.332 e. The van der Waals surface area contributed by atoms with Gasteiger partial charge in [-0.25, -0.2) is 8.42 Å². The average Bonchev–Trinajstić information content (AvgIpc) is 3.18. The molecule has 1 fully saturated rings. The van der Waals surface area contributed by atoms with E-state index in [1.54, 1.807) is 0 Å². The average molecular weight is 324 g/mol. The molecule has 0 aromatic carbocycles. The molecule has 1 aliphatic carbocycles. The third-order valence-corrected chi connectivity index (χ3v) is 6.40. The van der Waals surface area contributed by atoms with Crippen molar-refractivity contribution in [3.05, 3.63) is 17.6 Å². The van der Waals surface area contributed by atoms with Crippen molar-refractivity contribution < 1.29 is 12.9 Å². The molecule has 0 radical (unpaired) electrons. The summed E-state index contributed by atoms with van der Waals surface area (Å²) in [5, 5.41) is 11.0. The van der Waals surface area contributed by atoms with Gasteiger partial charge in [0.1, 0.15) is 4.75 Å². The molecule has 1 saturated carbocycles. The first-order valence-corrected chi connectivity index (χ1v) is 9.32. The number of H-pyrrole nitrogens is 1. The minimum absolute atomic E-state index is 0.257. The van der Waals surface area contributed by atoms with Gasteiger partial charge in [-0.2, -0.15) is 10.1 Å². The lowest BCUT2D eigenvalue weighted by molar-refractivity contribution is 0.404. The van der Waals surface area contributed by atoms with Crippen LogP contribution in [0.5, 0.6) is 0 Å². The van der Waals surface area contributed by atoms with Gasteiger partial charge in [-0.3, -0.25) is 5.10 Å². The van der Waals surface area contributed by atoms with Crippen molar-refractivity contribution in [3.63, 3.8) is 0 Å². The van der Waals surface area contributed by atoms with E-state index >= 15 is 0 Å². The van der Waals surface area contributed by atoms with Crippen molar-refractivity contribution >= 4 is 9.84 Å². The summed E-state index contributed by atoms with van der Waals surface area (Å²) in [6.07, 6.45) is 4.05. The molecule has 0 spiro atoms. The quantitative estimate of drug-likeness (QED) is 0.926. The number of aromatic nitrogens is 4. The van der Waals surface area contributed by atoms with Crippen molar-refractivity contribution in [1.29, 1.82) is 0 Å². The molecular formula is C14H20N4O3S. The van der Waals surface area contributed by atoms with Gasteiger partial charge >= 0.3 is 0 Å². The summed E-state index contributed by atoms with van der Waals surface area (Å²) in [6.45, 7) is 4.10. The van der Waals surface area contributed by atoms with E-state index in [1.165, 1.54) is 6.26 Å². The number of hydrogen-bond donors (Lipinski definition) is 1. The number of sulfone groups is 1. The second-order valence-corrected chi connectivity index (χ2v) is 8.59. The monoisotopic (exact) mass is 324 g/mol. The summed E-state index contributed by atoms with van der Waals surface area (Å²) < 4.78 is 28.8. The maximum Gasteiger partial charge on any atom is 0.278 e. The predicted octanol–water partition coefficient (Wildman–Crippen LogP) is 2.40. The number of hydrogen-bond acceptors (Lipinski definition) is 6. The van der Waals surface area contributed by atoms with Gasteiger partial charge in [0.15, 0.2) is 21.4 Å². The highest BCUT2D eigenvalue weighted by molar-refractivity contribution is 7.91. The topological polar surface area (TPSA) is 102 Å². The molecule has 3 rings (SSSR count). The summed E-state index contributed by atoms with van der Waals surface area (Å²) in [5.74, 6) is 0.825. The molecule has 0 aliphatic heterocycles. The highest BCUT2D eigenvalue weighted by atomic mass is 32.2. The Hall–Kier alpha value is -1.70. The van der Waals surface area contributed by atoms with Crippen molar-refractivity contribution in [2.75, 3.05) is 6.26 Å². The summed E-state index contributed by atoms with van der Waals surface area (Å²) in [5.41, 5.74) is 1.51.